The first-order chi connectivity index (χ1) is 11.6. The average molecular weight is 363 g/mol. The molecule has 1 atom stereocenters. The Kier molecular flexibility index (Phi) is 5.59. The van der Waals surface area contributed by atoms with Gasteiger partial charge < -0.3 is 4.90 Å². The summed E-state index contributed by atoms with van der Waals surface area (Å²) in [5, 5.41) is 2.90. The molecule has 128 valence electrons. The van der Waals surface area contributed by atoms with Crippen molar-refractivity contribution >= 4 is 28.8 Å². The van der Waals surface area contributed by atoms with Crippen LogP contribution in [0.3, 0.4) is 0 Å². The number of carbonyl (C=O) groups excluding carboxylic acids is 1. The van der Waals surface area contributed by atoms with Gasteiger partial charge in [-0.25, -0.2) is 0 Å². The van der Waals surface area contributed by atoms with Gasteiger partial charge >= 0.3 is 0 Å². The minimum Gasteiger partial charge on any atom is -0.334 e. The summed E-state index contributed by atoms with van der Waals surface area (Å²) in [6.45, 7) is 4.08. The van der Waals surface area contributed by atoms with Crippen molar-refractivity contribution in [2.24, 2.45) is 0 Å². The number of thiophene rings is 1. The van der Waals surface area contributed by atoms with Crippen molar-refractivity contribution < 1.29 is 4.79 Å². The maximum atomic E-state index is 12.8. The fourth-order valence-corrected chi connectivity index (χ4v) is 4.55. The molecule has 5 heteroatoms. The van der Waals surface area contributed by atoms with Gasteiger partial charge in [0.05, 0.1) is 12.6 Å². The molecule has 0 spiro atoms. The molecule has 0 radical (unpaired) electrons. The third-order valence-electron chi connectivity index (χ3n) is 4.61. The van der Waals surface area contributed by atoms with E-state index in [1.165, 1.54) is 10.4 Å². The number of halogens is 1. The van der Waals surface area contributed by atoms with Crippen LogP contribution in [-0.4, -0.2) is 35.8 Å². The van der Waals surface area contributed by atoms with Crippen molar-refractivity contribution in [1.82, 2.24) is 9.80 Å². The van der Waals surface area contributed by atoms with Crippen LogP contribution >= 0.6 is 22.9 Å². The lowest BCUT2D eigenvalue weighted by Gasteiger charge is -2.36. The maximum absolute atomic E-state index is 12.8. The Balaban J connectivity index is 1.65. The van der Waals surface area contributed by atoms with E-state index >= 15 is 0 Å². The van der Waals surface area contributed by atoms with E-state index in [1.807, 2.05) is 47.5 Å². The molecule has 0 saturated carbocycles. The molecule has 1 amide bonds. The zero-order chi connectivity index (χ0) is 17.1. The van der Waals surface area contributed by atoms with Crippen molar-refractivity contribution in [3.05, 3.63) is 56.7 Å². The molecule has 1 aliphatic heterocycles. The number of benzene rings is 1. The molecule has 3 nitrogen and oxygen atoms in total. The number of fused-ring (bicyclic) bond motifs is 1. The minimum atomic E-state index is 0.202. The molecule has 0 aliphatic carbocycles. The lowest BCUT2D eigenvalue weighted by atomic mass is 9.97. The fraction of sp³-hybridized carbons (Fsp3) is 0.421. The highest BCUT2D eigenvalue weighted by molar-refractivity contribution is 7.10. The molecule has 0 bridgehead atoms. The number of hydrogen-bond acceptors (Lipinski definition) is 3. The van der Waals surface area contributed by atoms with Crippen molar-refractivity contribution in [3.63, 3.8) is 0 Å². The number of rotatable bonds is 5. The van der Waals surface area contributed by atoms with Crippen LogP contribution in [0.5, 0.6) is 0 Å². The first-order valence-electron chi connectivity index (χ1n) is 8.37. The second-order valence-electron chi connectivity index (χ2n) is 6.32. The normalized spacial score (nSPS) is 17.2. The standard InChI is InChI=1S/C19H23ClN2OS/c1-3-17-15-9-11-24-18(15)8-10-22(17)19(23)13-21(2)12-14-6-4-5-7-16(14)20/h4-7,9,11,17H,3,8,10,12-13H2,1-2H3. The van der Waals surface area contributed by atoms with Crippen LogP contribution in [0.2, 0.25) is 5.02 Å². The zero-order valence-corrected chi connectivity index (χ0v) is 15.7. The molecule has 0 fully saturated rings. The van der Waals surface area contributed by atoms with E-state index in [0.29, 0.717) is 13.1 Å². The minimum absolute atomic E-state index is 0.202. The predicted octanol–water partition coefficient (Wildman–Crippen LogP) is 4.37. The van der Waals surface area contributed by atoms with Gasteiger partial charge in [-0.2, -0.15) is 0 Å². The van der Waals surface area contributed by atoms with Crippen molar-refractivity contribution in [3.8, 4) is 0 Å². The Morgan fingerprint density at radius 1 is 1.38 bits per heavy atom. The topological polar surface area (TPSA) is 23.6 Å². The molecule has 3 rings (SSSR count). The summed E-state index contributed by atoms with van der Waals surface area (Å²) in [6, 6.07) is 10.2. The molecule has 2 aromatic rings. The summed E-state index contributed by atoms with van der Waals surface area (Å²) in [5.41, 5.74) is 2.40. The van der Waals surface area contributed by atoms with Crippen molar-refractivity contribution in [2.45, 2.75) is 32.4 Å². The first kappa shape index (κ1) is 17.5. The molecular weight excluding hydrogens is 340 g/mol. The molecule has 24 heavy (non-hydrogen) atoms. The molecule has 1 unspecified atom stereocenters. The van der Waals surface area contributed by atoms with E-state index in [-0.39, 0.29) is 11.9 Å². The van der Waals surface area contributed by atoms with Crippen LogP contribution in [0.1, 0.15) is 35.4 Å². The Hall–Kier alpha value is -1.36. The average Bonchev–Trinajstić information content (AvgIpc) is 3.04. The van der Waals surface area contributed by atoms with E-state index < -0.39 is 0 Å². The Morgan fingerprint density at radius 2 is 2.17 bits per heavy atom. The molecule has 1 aromatic carbocycles. The molecule has 1 aromatic heterocycles. The van der Waals surface area contributed by atoms with E-state index in [0.717, 1.165) is 30.0 Å². The monoisotopic (exact) mass is 362 g/mol. The van der Waals surface area contributed by atoms with Gasteiger partial charge in [0, 0.05) is 23.0 Å². The summed E-state index contributed by atoms with van der Waals surface area (Å²) in [6.07, 6.45) is 1.94. The van der Waals surface area contributed by atoms with Gasteiger partial charge in [-0.15, -0.1) is 11.3 Å². The quantitative estimate of drug-likeness (QED) is 0.788. The third-order valence-corrected chi connectivity index (χ3v) is 5.97. The van der Waals surface area contributed by atoms with Crippen LogP contribution in [0.15, 0.2) is 35.7 Å². The van der Waals surface area contributed by atoms with Crippen LogP contribution < -0.4 is 0 Å². The maximum Gasteiger partial charge on any atom is 0.237 e. The van der Waals surface area contributed by atoms with Crippen LogP contribution in [-0.2, 0) is 17.8 Å². The molecular formula is C19H23ClN2OS. The van der Waals surface area contributed by atoms with Gasteiger partial charge in [-0.1, -0.05) is 36.7 Å². The van der Waals surface area contributed by atoms with Crippen LogP contribution in [0, 0.1) is 0 Å². The number of likely N-dealkylation sites (N-methyl/N-ethyl adjacent to an activating group) is 1. The molecule has 1 aliphatic rings. The number of amides is 1. The third kappa shape index (κ3) is 3.66. The second-order valence-corrected chi connectivity index (χ2v) is 7.73. The lowest BCUT2D eigenvalue weighted by Crippen LogP contribution is -2.44. The highest BCUT2D eigenvalue weighted by Crippen LogP contribution is 2.35. The Labute approximate surface area is 152 Å². The van der Waals surface area contributed by atoms with Crippen LogP contribution in [0.25, 0.3) is 0 Å². The highest BCUT2D eigenvalue weighted by atomic mass is 35.5. The summed E-state index contributed by atoms with van der Waals surface area (Å²) in [4.78, 5) is 18.4. The van der Waals surface area contributed by atoms with Gasteiger partial charge in [0.25, 0.3) is 0 Å². The lowest BCUT2D eigenvalue weighted by molar-refractivity contribution is -0.135. The molecule has 2 heterocycles. The number of nitrogens with zero attached hydrogens (tertiary/aromatic N) is 2. The van der Waals surface area contributed by atoms with Gasteiger partial charge in [-0.05, 0) is 48.5 Å². The predicted molar refractivity (Wildman–Crippen MR) is 101 cm³/mol. The van der Waals surface area contributed by atoms with E-state index in [9.17, 15) is 4.79 Å². The number of carbonyl (C=O) groups is 1. The Morgan fingerprint density at radius 3 is 2.92 bits per heavy atom. The Bertz CT molecular complexity index is 715. The van der Waals surface area contributed by atoms with Gasteiger partial charge in [0.2, 0.25) is 5.91 Å². The molecule has 0 saturated heterocycles. The summed E-state index contributed by atoms with van der Waals surface area (Å²) in [5.74, 6) is 0.202. The fourth-order valence-electron chi connectivity index (χ4n) is 3.43. The van der Waals surface area contributed by atoms with Gasteiger partial charge in [0.1, 0.15) is 0 Å². The van der Waals surface area contributed by atoms with Crippen molar-refractivity contribution in [1.29, 1.82) is 0 Å². The van der Waals surface area contributed by atoms with Crippen molar-refractivity contribution in [2.75, 3.05) is 20.1 Å². The summed E-state index contributed by atoms with van der Waals surface area (Å²) >= 11 is 8.03. The van der Waals surface area contributed by atoms with Gasteiger partial charge in [0.15, 0.2) is 0 Å². The summed E-state index contributed by atoms with van der Waals surface area (Å²) < 4.78 is 0. The largest absolute Gasteiger partial charge is 0.334 e. The SMILES string of the molecule is CCC1c2ccsc2CCN1C(=O)CN(C)Cc1ccccc1Cl. The van der Waals surface area contributed by atoms with E-state index in [4.69, 9.17) is 11.6 Å². The van der Waals surface area contributed by atoms with E-state index in [1.54, 1.807) is 0 Å². The summed E-state index contributed by atoms with van der Waals surface area (Å²) in [7, 11) is 1.97. The highest BCUT2D eigenvalue weighted by Gasteiger charge is 2.30. The number of hydrogen-bond donors (Lipinski definition) is 0. The first-order valence-corrected chi connectivity index (χ1v) is 9.63. The second kappa shape index (κ2) is 7.68. The van der Waals surface area contributed by atoms with Crippen LogP contribution in [0.4, 0.5) is 0 Å². The smallest absolute Gasteiger partial charge is 0.237 e. The van der Waals surface area contributed by atoms with E-state index in [2.05, 4.69) is 23.3 Å². The zero-order valence-electron chi connectivity index (χ0n) is 14.2. The molecule has 0 N–H and O–H groups in total. The van der Waals surface area contributed by atoms with Gasteiger partial charge in [-0.3, -0.25) is 9.69 Å².